The van der Waals surface area contributed by atoms with Crippen LogP contribution < -0.4 is 29.4 Å². The predicted octanol–water partition coefficient (Wildman–Crippen LogP) is 26.8. The third-order valence-electron chi connectivity index (χ3n) is 22.9. The summed E-state index contributed by atoms with van der Waals surface area (Å²) in [5.41, 5.74) is 34.5. The number of aromatic nitrogens is 4. The first kappa shape index (κ1) is 91.5. The van der Waals surface area contributed by atoms with Gasteiger partial charge in [0.2, 0.25) is 0 Å². The van der Waals surface area contributed by atoms with Gasteiger partial charge in [0.05, 0.1) is 17.7 Å². The van der Waals surface area contributed by atoms with Crippen LogP contribution in [0.2, 0.25) is 0 Å². The Morgan fingerprint density at radius 3 is 0.881 bits per heavy atom. The van der Waals surface area contributed by atoms with Gasteiger partial charge >= 0.3 is 42.1 Å². The Morgan fingerprint density at radius 1 is 0.269 bits per heavy atom. The van der Waals surface area contributed by atoms with Gasteiger partial charge in [0.1, 0.15) is 0 Å². The molecule has 0 atom stereocenters. The Balaban J connectivity index is 0.000000123. The van der Waals surface area contributed by atoms with Gasteiger partial charge in [0.15, 0.2) is 0 Å². The molecule has 0 N–H and O–H groups in total. The van der Waals surface area contributed by atoms with Crippen molar-refractivity contribution in [3.05, 3.63) is 470 Å². The maximum atomic E-state index is 4.53. The second-order valence-corrected chi connectivity index (χ2v) is 31.4. The maximum Gasteiger partial charge on any atom is 2.00 e. The Labute approximate surface area is 839 Å². The average Bonchev–Trinajstić information content (AvgIpc) is 1.57. The molecular formula is C115H79N15Pt4-6. The van der Waals surface area contributed by atoms with E-state index in [-0.39, 0.29) is 84.3 Å². The molecule has 8 aliphatic heterocycles. The first-order valence-electron chi connectivity index (χ1n) is 42.9. The summed E-state index contributed by atoms with van der Waals surface area (Å²) in [7, 11) is 3.92. The molecule has 8 aliphatic rings. The molecule has 15 nitrogen and oxygen atoms in total. The Hall–Kier alpha value is -14.4. The van der Waals surface area contributed by atoms with Crippen molar-refractivity contribution < 1.29 is 84.3 Å². The van der Waals surface area contributed by atoms with E-state index in [9.17, 15) is 0 Å². The van der Waals surface area contributed by atoms with Crippen LogP contribution in [0.4, 0.5) is 79.6 Å². The Bertz CT molecular complexity index is 6870. The molecule has 0 spiro atoms. The normalized spacial score (nSPS) is 13.7. The van der Waals surface area contributed by atoms with Crippen LogP contribution >= 0.6 is 0 Å². The van der Waals surface area contributed by atoms with E-state index in [4.69, 9.17) is 0 Å². The molecule has 660 valence electrons. The van der Waals surface area contributed by atoms with Gasteiger partial charge in [-0.25, -0.2) is 5.10 Å². The number of rotatable bonds is 12. The molecule has 0 saturated carbocycles. The van der Waals surface area contributed by atoms with Gasteiger partial charge in [-0.2, -0.15) is 18.8 Å². The number of pyridine rings is 4. The number of benzene rings is 12. The van der Waals surface area contributed by atoms with E-state index in [1.807, 2.05) is 178 Å². The van der Waals surface area contributed by atoms with Crippen molar-refractivity contribution in [3.63, 3.8) is 0 Å². The topological polar surface area (TPSA) is 115 Å². The SMILES string of the molecule is CN1C=CN(c2[c-]c3c(cc2)C=Cc2ccccc2N3c2[c-]c(-c3ccccn3)ccc2)[CH-]1.CN1[CH-]N(c2[c-]c3c(cc2)C=Cc2ccccc2N3c2[c-]c(-c3ccccn3)ccc2)C=N1.[Pt+2].[Pt+2].[Pt].[Pt].[c-]1c(-c2ccccn2)cccc1N1c2[c-]c(C3=NC=CC3)ccc2C=Cc2ccccc21.[c-]1c(-c2ccccn2)cccc1N1c2[c-]c(C3=NC=CC3)ccc2C=Cc2ccccc21. The van der Waals surface area contributed by atoms with Crippen LogP contribution in [-0.2, 0) is 84.3 Å². The minimum Gasteiger partial charge on any atom is -0.510 e. The number of fused-ring (bicyclic) bond motifs is 8. The third kappa shape index (κ3) is 19.6. The van der Waals surface area contributed by atoms with Gasteiger partial charge in [0.25, 0.3) is 0 Å². The fraction of sp³-hybridized carbons (Fsp3) is 0.0348. The third-order valence-corrected chi connectivity index (χ3v) is 22.9. The zero-order chi connectivity index (χ0) is 87.1. The van der Waals surface area contributed by atoms with Crippen LogP contribution in [0.15, 0.2) is 368 Å². The van der Waals surface area contributed by atoms with Gasteiger partial charge in [-0.05, 0) is 178 Å². The van der Waals surface area contributed by atoms with Crippen LogP contribution in [0.1, 0.15) is 68.5 Å². The van der Waals surface area contributed by atoms with Gasteiger partial charge < -0.3 is 69.2 Å². The summed E-state index contributed by atoms with van der Waals surface area (Å²) < 4.78 is 0. The standard InChI is InChI=1S/C29H21N4.2C29H19N3.C28H20N5.4Pt/c1-31-17-18-32(21-31)25-15-14-23-13-12-22-7-2-3-11-28(22)33(29(23)20-25)26-9-6-8-24(19-26)27-10-4-5-16-30-27;2*1-2-12-28-21(7-1)13-14-22-15-16-24(27-11-6-18-31-27)20-29(22)32(28)25-9-5-8-23(19-25)26-10-3-4-17-30-26;1-31-20-32(19-30-31)24-15-14-22-13-12-21-7-2-3-11-27(21)33(28(22)18-24)25-9-6-8-23(17-25)26-10-4-5-16-29-26;;;;/h2-18,21H,1H3;2*1-10,12-18H,11H2;2-16,19-20H,1H3;;;;/q-3;2*-2;-3;;;2*+2. The zero-order valence-corrected chi connectivity index (χ0v) is 81.3. The number of nitrogens with zero attached hydrogens (tertiary/aromatic N) is 15. The zero-order valence-electron chi connectivity index (χ0n) is 72.2. The van der Waals surface area contributed by atoms with Crippen molar-refractivity contribution in [2.75, 3.05) is 43.5 Å². The minimum atomic E-state index is 0. The van der Waals surface area contributed by atoms with Crippen molar-refractivity contribution in [1.82, 2.24) is 29.8 Å². The summed E-state index contributed by atoms with van der Waals surface area (Å²) in [6.45, 7) is 3.97. The molecule has 0 saturated heterocycles. The molecule has 0 aliphatic carbocycles. The van der Waals surface area contributed by atoms with Crippen molar-refractivity contribution in [3.8, 4) is 45.0 Å². The molecule has 0 fully saturated rings. The van der Waals surface area contributed by atoms with Crippen molar-refractivity contribution in [2.45, 2.75) is 12.8 Å². The molecule has 19 heteroatoms. The number of anilines is 14. The van der Waals surface area contributed by atoms with Crippen LogP contribution in [0.25, 0.3) is 93.6 Å². The second-order valence-electron chi connectivity index (χ2n) is 31.4. The van der Waals surface area contributed by atoms with E-state index in [0.29, 0.717) is 0 Å². The number of hydrazone groups is 1. The fourth-order valence-electron chi connectivity index (χ4n) is 16.6. The van der Waals surface area contributed by atoms with Crippen LogP contribution in [-0.4, -0.2) is 61.7 Å². The van der Waals surface area contributed by atoms with E-state index >= 15 is 0 Å². The van der Waals surface area contributed by atoms with E-state index in [0.717, 1.165) is 205 Å². The number of aliphatic imine (C=N–C) groups is 2. The van der Waals surface area contributed by atoms with Crippen molar-refractivity contribution in [1.29, 1.82) is 0 Å². The monoisotopic (exact) mass is 2450 g/mol. The quantitative estimate of drug-likeness (QED) is 0.109. The number of hydrogen-bond acceptors (Lipinski definition) is 15. The number of para-hydroxylation sites is 4. The molecule has 4 aromatic heterocycles. The van der Waals surface area contributed by atoms with Crippen molar-refractivity contribution >= 4 is 146 Å². The summed E-state index contributed by atoms with van der Waals surface area (Å²) in [6, 6.07) is 128. The molecular weight excluding hydrogens is 2370 g/mol. The van der Waals surface area contributed by atoms with Gasteiger partial charge in [0, 0.05) is 90.7 Å². The number of hydrogen-bond donors (Lipinski definition) is 0. The molecule has 12 aromatic carbocycles. The Kier molecular flexibility index (Phi) is 28.7. The van der Waals surface area contributed by atoms with Crippen LogP contribution in [0.3, 0.4) is 0 Å². The minimum absolute atomic E-state index is 0. The van der Waals surface area contributed by atoms with E-state index < -0.39 is 0 Å². The number of allylic oxidation sites excluding steroid dienone is 2. The Morgan fingerprint density at radius 2 is 0.582 bits per heavy atom. The van der Waals surface area contributed by atoms with E-state index in [1.54, 1.807) is 11.3 Å². The maximum absolute atomic E-state index is 4.53. The summed E-state index contributed by atoms with van der Waals surface area (Å²) in [4.78, 5) is 42.1. The van der Waals surface area contributed by atoms with Gasteiger partial charge in [-0.15, -0.1) is 232 Å². The molecule has 0 bridgehead atoms. The van der Waals surface area contributed by atoms with Crippen molar-refractivity contribution in [2.24, 2.45) is 15.1 Å². The first-order chi connectivity index (χ1) is 64.2. The summed E-state index contributed by atoms with van der Waals surface area (Å²) >= 11 is 0. The predicted molar refractivity (Wildman–Crippen MR) is 531 cm³/mol. The fourth-order valence-corrected chi connectivity index (χ4v) is 16.6. The van der Waals surface area contributed by atoms with E-state index in [1.165, 1.54) is 0 Å². The average molecular weight is 2450 g/mol. The van der Waals surface area contributed by atoms with Crippen LogP contribution in [0, 0.1) is 61.9 Å². The van der Waals surface area contributed by atoms with Gasteiger partial charge in [-0.1, -0.05) is 192 Å². The molecule has 24 rings (SSSR count). The molecule has 12 heterocycles. The molecule has 134 heavy (non-hydrogen) atoms. The molecule has 0 amide bonds. The summed E-state index contributed by atoms with van der Waals surface area (Å²) in [5.74, 6) is 0. The second kappa shape index (κ2) is 42.0. The summed E-state index contributed by atoms with van der Waals surface area (Å²) in [6.07, 6.45) is 39.9. The van der Waals surface area contributed by atoms with Crippen LogP contribution in [0.5, 0.6) is 0 Å². The molecule has 0 radical (unpaired) electrons. The van der Waals surface area contributed by atoms with Gasteiger partial charge in [-0.3, -0.25) is 0 Å². The molecule has 16 aromatic rings. The smallest absolute Gasteiger partial charge is 0.510 e. The molecule has 0 unspecified atom stereocenters. The van der Waals surface area contributed by atoms with E-state index in [2.05, 4.69) is 369 Å². The largest absolute Gasteiger partial charge is 2.00 e. The first-order valence-corrected chi connectivity index (χ1v) is 42.9. The summed E-state index contributed by atoms with van der Waals surface area (Å²) in [5, 5.41) is 6.08.